The molecule has 1 amide bonds. The lowest BCUT2D eigenvalue weighted by Gasteiger charge is -2.28. The van der Waals surface area contributed by atoms with Crippen LogP contribution in [0.4, 0.5) is 5.69 Å². The molecule has 0 saturated carbocycles. The van der Waals surface area contributed by atoms with Crippen LogP contribution >= 0.6 is 0 Å². The summed E-state index contributed by atoms with van der Waals surface area (Å²) in [6.07, 6.45) is 1.57. The number of hydrogen-bond acceptors (Lipinski definition) is 4. The van der Waals surface area contributed by atoms with Gasteiger partial charge in [0.1, 0.15) is 5.75 Å². The van der Waals surface area contributed by atoms with Gasteiger partial charge in [-0.25, -0.2) is 8.42 Å². The Kier molecular flexibility index (Phi) is 5.13. The molecule has 0 spiro atoms. The van der Waals surface area contributed by atoms with E-state index in [4.69, 9.17) is 4.74 Å². The molecule has 0 radical (unpaired) electrons. The van der Waals surface area contributed by atoms with Gasteiger partial charge in [0, 0.05) is 16.7 Å². The first kappa shape index (κ1) is 18.2. The average Bonchev–Trinajstić information content (AvgIpc) is 2.97. The van der Waals surface area contributed by atoms with Crippen molar-refractivity contribution < 1.29 is 17.9 Å². The number of carbonyl (C=O) groups excluding carboxylic acids is 1. The molecule has 1 atom stereocenters. The summed E-state index contributed by atoms with van der Waals surface area (Å²) in [7, 11) is -3.29. The molecule has 1 unspecified atom stereocenters. The number of rotatable bonds is 5. The zero-order valence-corrected chi connectivity index (χ0v) is 15.6. The van der Waals surface area contributed by atoms with Gasteiger partial charge in [-0.3, -0.25) is 4.79 Å². The number of hydrogen-bond donors (Lipinski definition) is 0. The van der Waals surface area contributed by atoms with Crippen LogP contribution in [0, 0.1) is 6.92 Å². The van der Waals surface area contributed by atoms with Crippen molar-refractivity contribution in [2.24, 2.45) is 0 Å². The highest BCUT2D eigenvalue weighted by atomic mass is 32.2. The fraction of sp³-hybridized carbons (Fsp3) is 0.250. The van der Waals surface area contributed by atoms with Crippen LogP contribution in [-0.2, 0) is 9.84 Å². The SMILES string of the molecule is CCOc1ccc(N(C(=O)c2ccc(C)cc2)C2C=CS(=O)(=O)C2)cc1. The van der Waals surface area contributed by atoms with Gasteiger partial charge >= 0.3 is 0 Å². The van der Waals surface area contributed by atoms with E-state index in [1.165, 1.54) is 10.3 Å². The molecule has 0 bridgehead atoms. The third kappa shape index (κ3) is 3.96. The Labute approximate surface area is 153 Å². The van der Waals surface area contributed by atoms with Crippen molar-refractivity contribution in [3.8, 4) is 5.75 Å². The zero-order chi connectivity index (χ0) is 18.7. The minimum absolute atomic E-state index is 0.113. The highest BCUT2D eigenvalue weighted by Crippen LogP contribution is 2.27. The lowest BCUT2D eigenvalue weighted by molar-refractivity contribution is 0.0983. The van der Waals surface area contributed by atoms with Gasteiger partial charge in [0.15, 0.2) is 9.84 Å². The first-order valence-corrected chi connectivity index (χ1v) is 10.2. The molecule has 26 heavy (non-hydrogen) atoms. The number of carbonyl (C=O) groups is 1. The monoisotopic (exact) mass is 371 g/mol. The molecule has 2 aromatic rings. The van der Waals surface area contributed by atoms with Gasteiger partial charge in [-0.15, -0.1) is 0 Å². The van der Waals surface area contributed by atoms with Crippen LogP contribution in [0.5, 0.6) is 5.75 Å². The van der Waals surface area contributed by atoms with E-state index in [2.05, 4.69) is 0 Å². The largest absolute Gasteiger partial charge is 0.494 e. The van der Waals surface area contributed by atoms with E-state index in [9.17, 15) is 13.2 Å². The first-order valence-electron chi connectivity index (χ1n) is 8.43. The molecule has 0 N–H and O–H groups in total. The van der Waals surface area contributed by atoms with E-state index in [-0.39, 0.29) is 11.7 Å². The minimum Gasteiger partial charge on any atom is -0.494 e. The molecule has 6 heteroatoms. The minimum atomic E-state index is -3.29. The van der Waals surface area contributed by atoms with E-state index in [1.54, 1.807) is 42.5 Å². The molecule has 1 aliphatic heterocycles. The Morgan fingerprint density at radius 1 is 1.12 bits per heavy atom. The van der Waals surface area contributed by atoms with Crippen molar-refractivity contribution in [2.75, 3.05) is 17.3 Å². The van der Waals surface area contributed by atoms with Crippen LogP contribution in [0.2, 0.25) is 0 Å². The number of benzene rings is 2. The van der Waals surface area contributed by atoms with E-state index < -0.39 is 15.9 Å². The van der Waals surface area contributed by atoms with Crippen molar-refractivity contribution in [1.29, 1.82) is 0 Å². The first-order chi connectivity index (χ1) is 12.4. The maximum Gasteiger partial charge on any atom is 0.258 e. The number of ether oxygens (including phenoxy) is 1. The summed E-state index contributed by atoms with van der Waals surface area (Å²) in [5, 5.41) is 1.18. The number of aryl methyl sites for hydroxylation is 1. The van der Waals surface area contributed by atoms with Crippen LogP contribution in [0.15, 0.2) is 60.0 Å². The summed E-state index contributed by atoms with van der Waals surface area (Å²) in [5.41, 5.74) is 2.20. The second-order valence-corrected chi connectivity index (χ2v) is 8.12. The molecular formula is C20H21NO4S. The summed E-state index contributed by atoms with van der Waals surface area (Å²) in [6, 6.07) is 13.8. The summed E-state index contributed by atoms with van der Waals surface area (Å²) in [4.78, 5) is 14.7. The summed E-state index contributed by atoms with van der Waals surface area (Å²) in [6.45, 7) is 4.40. The predicted molar refractivity (Wildman–Crippen MR) is 102 cm³/mol. The standard InChI is InChI=1S/C20H21NO4S/c1-3-25-19-10-8-17(9-11-19)21(18-12-13-26(23,24)14-18)20(22)16-6-4-15(2)5-7-16/h4-13,18H,3,14H2,1-2H3. The van der Waals surface area contributed by atoms with Gasteiger partial charge in [-0.2, -0.15) is 0 Å². The Balaban J connectivity index is 1.97. The summed E-state index contributed by atoms with van der Waals surface area (Å²) in [5.74, 6) is 0.354. The molecule has 3 rings (SSSR count). The number of anilines is 1. The van der Waals surface area contributed by atoms with Gasteiger partial charge in [0.25, 0.3) is 5.91 Å². The van der Waals surface area contributed by atoms with Gasteiger partial charge in [-0.05, 0) is 56.3 Å². The molecule has 0 saturated heterocycles. The van der Waals surface area contributed by atoms with E-state index in [0.717, 1.165) is 5.56 Å². The van der Waals surface area contributed by atoms with Gasteiger partial charge < -0.3 is 9.64 Å². The molecule has 2 aromatic carbocycles. The zero-order valence-electron chi connectivity index (χ0n) is 14.8. The van der Waals surface area contributed by atoms with Gasteiger partial charge in [-0.1, -0.05) is 17.7 Å². The molecule has 1 heterocycles. The van der Waals surface area contributed by atoms with Crippen LogP contribution in [0.25, 0.3) is 0 Å². The second-order valence-electron chi connectivity index (χ2n) is 6.19. The van der Waals surface area contributed by atoms with E-state index >= 15 is 0 Å². The molecule has 0 aliphatic carbocycles. The van der Waals surface area contributed by atoms with Crippen molar-refractivity contribution >= 4 is 21.4 Å². The Morgan fingerprint density at radius 3 is 2.31 bits per heavy atom. The smallest absolute Gasteiger partial charge is 0.258 e. The molecule has 136 valence electrons. The fourth-order valence-electron chi connectivity index (χ4n) is 2.88. The number of sulfone groups is 1. The molecule has 1 aliphatic rings. The number of nitrogens with zero attached hydrogens (tertiary/aromatic N) is 1. The Hall–Kier alpha value is -2.60. The highest BCUT2D eigenvalue weighted by molar-refractivity contribution is 7.94. The third-order valence-electron chi connectivity index (χ3n) is 4.19. The topological polar surface area (TPSA) is 63.7 Å². The fourth-order valence-corrected chi connectivity index (χ4v) is 4.15. The quantitative estimate of drug-likeness (QED) is 0.809. The van der Waals surface area contributed by atoms with Gasteiger partial charge in [0.05, 0.1) is 18.4 Å². The maximum absolute atomic E-state index is 13.1. The summed E-state index contributed by atoms with van der Waals surface area (Å²) < 4.78 is 29.2. The van der Waals surface area contributed by atoms with Crippen LogP contribution in [0.1, 0.15) is 22.8 Å². The lowest BCUT2D eigenvalue weighted by atomic mass is 10.1. The van der Waals surface area contributed by atoms with Crippen molar-refractivity contribution in [3.63, 3.8) is 0 Å². The highest BCUT2D eigenvalue weighted by Gasteiger charge is 2.32. The van der Waals surface area contributed by atoms with Gasteiger partial charge in [0.2, 0.25) is 0 Å². The second kappa shape index (κ2) is 7.33. The maximum atomic E-state index is 13.1. The third-order valence-corrected chi connectivity index (χ3v) is 5.56. The van der Waals surface area contributed by atoms with Crippen molar-refractivity contribution in [3.05, 3.63) is 71.1 Å². The Morgan fingerprint density at radius 2 is 1.77 bits per heavy atom. The van der Waals surface area contributed by atoms with E-state index in [1.807, 2.05) is 26.0 Å². The van der Waals surface area contributed by atoms with Crippen LogP contribution < -0.4 is 9.64 Å². The molecule has 5 nitrogen and oxygen atoms in total. The average molecular weight is 371 g/mol. The van der Waals surface area contributed by atoms with E-state index in [0.29, 0.717) is 23.6 Å². The van der Waals surface area contributed by atoms with Crippen molar-refractivity contribution in [2.45, 2.75) is 19.9 Å². The predicted octanol–water partition coefficient (Wildman–Crippen LogP) is 3.35. The number of amides is 1. The van der Waals surface area contributed by atoms with Crippen LogP contribution in [0.3, 0.4) is 0 Å². The van der Waals surface area contributed by atoms with Crippen LogP contribution in [-0.4, -0.2) is 32.7 Å². The Bertz CT molecular complexity index is 915. The lowest BCUT2D eigenvalue weighted by Crippen LogP contribution is -2.41. The molecule has 0 aromatic heterocycles. The molecule has 0 fully saturated rings. The summed E-state index contributed by atoms with van der Waals surface area (Å²) >= 11 is 0. The van der Waals surface area contributed by atoms with Crippen molar-refractivity contribution in [1.82, 2.24) is 0 Å². The molecular weight excluding hydrogens is 350 g/mol. The normalized spacial score (nSPS) is 17.8.